The number of aliphatic hydroxyl groups excluding tert-OH is 29. The van der Waals surface area contributed by atoms with E-state index in [1.54, 1.807) is 0 Å². The normalized spacial score (nSPS) is 48.1. The van der Waals surface area contributed by atoms with Gasteiger partial charge in [-0.15, -0.1) is 0 Å². The lowest BCUT2D eigenvalue weighted by Crippen LogP contribution is -2.71. The molecule has 0 saturated carbocycles. The van der Waals surface area contributed by atoms with Gasteiger partial charge < -0.3 is 264 Å². The number of carboxylic acids is 1. The summed E-state index contributed by atoms with van der Waals surface area (Å²) in [6.07, 6.45) is -101. The SMILES string of the molecule is CC(=O)N[C@@H]1[C@@H](O)[C@H](O[C@@H]2O[C@H](CO)[C@@H](O[C@@H]3O[C@H](CO[C@H]4O[C@H](CO)[C@@H](O)[C@H](O[C@H]5O[C@H](CO)[C@@H](O)[C@H](O)[C@@H]5O)[C@@H]4O)[C@@H](O)[C@H](O[C@H]4O[C@H](CO)[C@@H](O)[C@H](O)[C@@H]4O[C@@H]4O[C@H](CO)[C@@H](O[C@@H]5O[C@H](CO)[C@H](O)[C@H](O[C@]6(C(=O)O)C[C@H](O)[C@@H](NC(=O)CO)[C@H]([C@H](O)[C@H](O)CO)O6)[C@H]5O)[C@H](O)[C@H]4NC(C)=O)[C@@H]3O)[C@H](O)[C@H]2NC(C)=O)[C@@H](CO[C@H]2O[C@H](C)[C@H](O)[C@H](O)[C@H]2O)O[C@H]1O. The first-order chi connectivity index (χ1) is 60.9. The highest BCUT2D eigenvalue weighted by Crippen LogP contribution is 2.43. The minimum atomic E-state index is -3.39. The van der Waals surface area contributed by atoms with E-state index in [2.05, 4.69) is 21.3 Å². The average Bonchev–Trinajstić information content (AvgIpc) is 0.692. The molecular weight excluding hydrogens is 1770 g/mol. The minimum absolute atomic E-state index is 0.847. The second-order valence-electron chi connectivity index (χ2n) is 32.4. The number of aliphatic carboxylic acids is 1. The summed E-state index contributed by atoms with van der Waals surface area (Å²) < 4.78 is 112. The molecule has 0 aromatic heterocycles. The fourth-order valence-electron chi connectivity index (χ4n) is 16.5. The van der Waals surface area contributed by atoms with Gasteiger partial charge in [0.2, 0.25) is 23.6 Å². The summed E-state index contributed by atoms with van der Waals surface area (Å²) in [5.74, 6) is -9.79. The quantitative estimate of drug-likeness (QED) is 0.0280. The van der Waals surface area contributed by atoms with Crippen molar-refractivity contribution in [1.29, 1.82) is 0 Å². The molecule has 51 atom stereocenters. The van der Waals surface area contributed by atoms with Crippen LogP contribution in [0.2, 0.25) is 0 Å². The number of aliphatic hydroxyl groups is 29. The van der Waals surface area contributed by atoms with Crippen molar-refractivity contribution in [1.82, 2.24) is 21.3 Å². The number of carboxylic acid groups (broad SMARTS) is 1. The van der Waals surface area contributed by atoms with Gasteiger partial charge in [0.05, 0.1) is 77.7 Å². The van der Waals surface area contributed by atoms with Crippen molar-refractivity contribution in [2.45, 2.75) is 347 Å². The van der Waals surface area contributed by atoms with Crippen molar-refractivity contribution in [2.75, 3.05) is 66.1 Å². The summed E-state index contributed by atoms with van der Waals surface area (Å²) in [7, 11) is 0. The first-order valence-electron chi connectivity index (χ1n) is 40.8. The Morgan fingerprint density at radius 1 is 0.349 bits per heavy atom. The van der Waals surface area contributed by atoms with Crippen LogP contribution in [0.25, 0.3) is 0 Å². The van der Waals surface area contributed by atoms with Crippen molar-refractivity contribution in [2.24, 2.45) is 0 Å². The van der Waals surface area contributed by atoms with E-state index >= 15 is 0 Å². The number of rotatable bonds is 35. The van der Waals surface area contributed by atoms with Gasteiger partial charge in [-0.25, -0.2) is 4.79 Å². The van der Waals surface area contributed by atoms with Crippen LogP contribution in [0, 0.1) is 0 Å². The molecule has 10 aliphatic rings. The van der Waals surface area contributed by atoms with Crippen LogP contribution in [0.3, 0.4) is 0 Å². The maximum absolute atomic E-state index is 13.3. The standard InChI is InChI=1S/C71H118N4O54/c1-16-35(90)45(100)48(103)64(113-16)112-15-29-55(42(97)32(61(108)114-29)72-17(2)84)122-62-33(73-18(3)85)43(98)53(26(11-81)119-62)123-67-51(106)58(41(96)28(121-67)14-111-65-50(105)57(39(94)24(9-79)115-65)125-66-49(104)46(101)37(92)22(7-77)116-66)126-69-60(47(102)38(93)23(8-78)118-69)127-63-34(74-19(4)86)44(99)54(27(12-82)120-63)124-68-52(107)59(40(95)25(10-80)117-68)129-71(70(109)110)5-20(87)31(75-30(89)13-83)56(128-71)36(91)21(88)6-76/h16,20-29,31-69,76-83,87-88,90-108H,5-15H2,1-4H3,(H,72,84)(H,73,85)(H,74,86)(H,75,89)(H,109,110)/t16-,20+,21-,22-,23-,24-,25-,26-,27-,28-,29-,31-,32-,33-,34-,35+,36-,37-,38-,39-,40+,41-,42-,43-,44-,45+,46+,47+,48-,49+,50+,51+,52-,53-,54-,55-,56-,57+,58+,59+,60+,61-,62+,63+,64+,65+,66-,67+,68+,69-,71+/m1/s1. The molecule has 0 aromatic rings. The smallest absolute Gasteiger partial charge is 0.364 e. The van der Waals surface area contributed by atoms with Gasteiger partial charge in [0.1, 0.15) is 238 Å². The molecule has 0 spiro atoms. The summed E-state index contributed by atoms with van der Waals surface area (Å²) in [6.45, 7) is -7.82. The molecule has 0 radical (unpaired) electrons. The van der Waals surface area contributed by atoms with E-state index < -0.39 is 414 Å². The second-order valence-corrected chi connectivity index (χ2v) is 32.4. The summed E-state index contributed by atoms with van der Waals surface area (Å²) in [6, 6.07) is -7.88. The fraction of sp³-hybridized carbons (Fsp3) is 0.930. The molecule has 10 rings (SSSR count). The Labute approximate surface area is 728 Å². The number of carbonyl (C=O) groups is 5. The molecule has 0 unspecified atom stereocenters. The lowest BCUT2D eigenvalue weighted by atomic mass is 9.88. The van der Waals surface area contributed by atoms with E-state index in [-0.39, 0.29) is 0 Å². The lowest BCUT2D eigenvalue weighted by Gasteiger charge is -2.51. The van der Waals surface area contributed by atoms with Crippen LogP contribution < -0.4 is 21.3 Å². The Kier molecular flexibility index (Phi) is 38.0. The predicted molar refractivity (Wildman–Crippen MR) is 393 cm³/mol. The molecular formula is C71H118N4O54. The molecule has 58 nitrogen and oxygen atoms in total. The van der Waals surface area contributed by atoms with Crippen LogP contribution in [0.15, 0.2) is 0 Å². The predicted octanol–water partition coefficient (Wildman–Crippen LogP) is -23.0. The van der Waals surface area contributed by atoms with Gasteiger partial charge >= 0.3 is 5.97 Å². The average molecular weight is 1890 g/mol. The van der Waals surface area contributed by atoms with E-state index in [0.29, 0.717) is 0 Å². The molecule has 10 fully saturated rings. The maximum Gasteiger partial charge on any atom is 0.364 e. The summed E-state index contributed by atoms with van der Waals surface area (Å²) in [4.78, 5) is 64.6. The molecule has 34 N–H and O–H groups in total. The number of amides is 4. The van der Waals surface area contributed by atoms with E-state index in [9.17, 15) is 177 Å². The zero-order chi connectivity index (χ0) is 95.3. The molecule has 10 aliphatic heterocycles. The van der Waals surface area contributed by atoms with Crippen molar-refractivity contribution in [3.05, 3.63) is 0 Å². The summed E-state index contributed by atoms with van der Waals surface area (Å²) in [5.41, 5.74) is 0. The minimum Gasteiger partial charge on any atom is -0.477 e. The third-order valence-corrected chi connectivity index (χ3v) is 23.5. The highest BCUT2D eigenvalue weighted by molar-refractivity contribution is 5.78. The largest absolute Gasteiger partial charge is 0.477 e. The third-order valence-electron chi connectivity index (χ3n) is 23.5. The Hall–Kier alpha value is -4.57. The molecule has 10 saturated heterocycles. The molecule has 10 heterocycles. The van der Waals surface area contributed by atoms with E-state index in [1.807, 2.05) is 0 Å². The zero-order valence-corrected chi connectivity index (χ0v) is 68.9. The van der Waals surface area contributed by atoms with Gasteiger partial charge in [-0.05, 0) is 6.92 Å². The molecule has 0 aromatic carbocycles. The molecule has 746 valence electrons. The van der Waals surface area contributed by atoms with Crippen LogP contribution in [0.4, 0.5) is 0 Å². The lowest BCUT2D eigenvalue weighted by molar-refractivity contribution is -0.400. The van der Waals surface area contributed by atoms with Gasteiger partial charge in [-0.3, -0.25) is 19.2 Å². The Morgan fingerprint density at radius 2 is 0.713 bits per heavy atom. The molecule has 0 aliphatic carbocycles. The highest BCUT2D eigenvalue weighted by Gasteiger charge is 2.64. The maximum atomic E-state index is 13.3. The van der Waals surface area contributed by atoms with Crippen LogP contribution in [-0.2, 0) is 114 Å². The van der Waals surface area contributed by atoms with Crippen LogP contribution >= 0.6 is 0 Å². The van der Waals surface area contributed by atoms with Crippen molar-refractivity contribution >= 4 is 29.6 Å². The van der Waals surface area contributed by atoms with Crippen molar-refractivity contribution < 1.29 is 267 Å². The van der Waals surface area contributed by atoms with Gasteiger partial charge in [-0.2, -0.15) is 0 Å². The first-order valence-corrected chi connectivity index (χ1v) is 40.8. The van der Waals surface area contributed by atoms with E-state index in [1.165, 1.54) is 6.92 Å². The van der Waals surface area contributed by atoms with E-state index in [0.717, 1.165) is 20.8 Å². The number of hydrogen-bond acceptors (Lipinski definition) is 53. The molecule has 0 bridgehead atoms. The van der Waals surface area contributed by atoms with Crippen molar-refractivity contribution in [3.8, 4) is 0 Å². The van der Waals surface area contributed by atoms with Crippen LogP contribution in [0.1, 0.15) is 34.1 Å². The molecule has 58 heteroatoms. The number of ether oxygens (including phenoxy) is 19. The summed E-state index contributed by atoms with van der Waals surface area (Å²) >= 11 is 0. The third kappa shape index (κ3) is 23.5. The Balaban J connectivity index is 0.955. The van der Waals surface area contributed by atoms with E-state index in [4.69, 9.17) is 90.0 Å². The topological polar surface area (TPSA) is 916 Å². The zero-order valence-electron chi connectivity index (χ0n) is 68.9. The van der Waals surface area contributed by atoms with Gasteiger partial charge in [0, 0.05) is 27.2 Å². The Morgan fingerprint density at radius 3 is 1.21 bits per heavy atom. The highest BCUT2D eigenvalue weighted by atomic mass is 16.8. The van der Waals surface area contributed by atoms with Gasteiger partial charge in [-0.1, -0.05) is 0 Å². The monoisotopic (exact) mass is 1890 g/mol. The van der Waals surface area contributed by atoms with Gasteiger partial charge in [0.25, 0.3) is 5.79 Å². The molecule has 4 amide bonds. The number of hydrogen-bond donors (Lipinski definition) is 34. The Bertz CT molecular complexity index is 3550. The van der Waals surface area contributed by atoms with Crippen LogP contribution in [-0.4, -0.2) is 561 Å². The second kappa shape index (κ2) is 46.1. The van der Waals surface area contributed by atoms with Crippen molar-refractivity contribution in [3.63, 3.8) is 0 Å². The number of carbonyl (C=O) groups excluding carboxylic acids is 4. The number of nitrogens with one attached hydrogen (secondary N) is 4. The van der Waals surface area contributed by atoms with Gasteiger partial charge in [0.15, 0.2) is 56.6 Å². The molecule has 129 heavy (non-hydrogen) atoms. The van der Waals surface area contributed by atoms with Crippen LogP contribution in [0.5, 0.6) is 0 Å². The fourth-order valence-corrected chi connectivity index (χ4v) is 16.5. The summed E-state index contributed by atoms with van der Waals surface area (Å²) in [5, 5.41) is 343. The first kappa shape index (κ1) is 106.